The lowest BCUT2D eigenvalue weighted by molar-refractivity contribution is 0.843. The van der Waals surface area contributed by atoms with E-state index in [0.29, 0.717) is 5.92 Å². The Labute approximate surface area is 77.3 Å². The number of nitrogen functional groups attached to an aromatic ring is 1. The van der Waals surface area contributed by atoms with Crippen LogP contribution in [-0.4, -0.2) is 4.37 Å². The van der Waals surface area contributed by atoms with Crippen molar-refractivity contribution in [3.63, 3.8) is 0 Å². The molecule has 0 spiro atoms. The number of anilines is 1. The average Bonchev–Trinajstić information content (AvgIpc) is 2.34. The van der Waals surface area contributed by atoms with Crippen molar-refractivity contribution in [2.45, 2.75) is 26.2 Å². The second-order valence-corrected chi connectivity index (χ2v) is 3.91. The Morgan fingerprint density at radius 2 is 2.33 bits per heavy atom. The van der Waals surface area contributed by atoms with Gasteiger partial charge in [0, 0.05) is 6.42 Å². The van der Waals surface area contributed by atoms with Crippen LogP contribution in [0.15, 0.2) is 12.7 Å². The van der Waals surface area contributed by atoms with Crippen molar-refractivity contribution >= 4 is 17.2 Å². The third-order valence-corrected chi connectivity index (χ3v) is 2.60. The Kier molecular flexibility index (Phi) is 2.87. The Morgan fingerprint density at radius 1 is 1.67 bits per heavy atom. The van der Waals surface area contributed by atoms with Gasteiger partial charge in [0.2, 0.25) is 0 Å². The summed E-state index contributed by atoms with van der Waals surface area (Å²) >= 11 is 1.48. The largest absolute Gasteiger partial charge is 0.396 e. The second kappa shape index (κ2) is 3.72. The molecule has 0 aromatic carbocycles. The zero-order valence-corrected chi connectivity index (χ0v) is 8.32. The van der Waals surface area contributed by atoms with E-state index in [-0.39, 0.29) is 0 Å². The molecule has 0 unspecified atom stereocenters. The lowest BCUT2D eigenvalue weighted by Gasteiger charge is -2.01. The minimum Gasteiger partial charge on any atom is -0.396 e. The highest BCUT2D eigenvalue weighted by atomic mass is 32.1. The molecule has 1 aromatic rings. The summed E-state index contributed by atoms with van der Waals surface area (Å²) in [5, 5.41) is 0. The molecule has 12 heavy (non-hydrogen) atoms. The molecule has 0 fully saturated rings. The molecule has 0 aliphatic carbocycles. The highest BCUT2D eigenvalue weighted by Gasteiger charge is 2.11. The van der Waals surface area contributed by atoms with Crippen molar-refractivity contribution < 1.29 is 0 Å². The molecular weight excluding hydrogens is 168 g/mol. The monoisotopic (exact) mass is 182 g/mol. The minimum atomic E-state index is 0.416. The summed E-state index contributed by atoms with van der Waals surface area (Å²) in [4.78, 5) is 1.13. The van der Waals surface area contributed by atoms with Gasteiger partial charge in [0.25, 0.3) is 0 Å². The first-order valence-corrected chi connectivity index (χ1v) is 4.79. The predicted octanol–water partition coefficient (Wildman–Crippen LogP) is 2.58. The van der Waals surface area contributed by atoms with Crippen LogP contribution in [0.2, 0.25) is 0 Å². The first-order chi connectivity index (χ1) is 5.66. The van der Waals surface area contributed by atoms with Gasteiger partial charge in [-0.05, 0) is 17.5 Å². The number of nitrogens with two attached hydrogens (primary N) is 1. The first kappa shape index (κ1) is 9.26. The Morgan fingerprint density at radius 3 is 2.75 bits per heavy atom. The van der Waals surface area contributed by atoms with Crippen LogP contribution in [0.4, 0.5) is 5.69 Å². The number of hydrogen-bond donors (Lipinski definition) is 1. The van der Waals surface area contributed by atoms with E-state index in [9.17, 15) is 0 Å². The Bertz CT molecular complexity index is 276. The van der Waals surface area contributed by atoms with Crippen LogP contribution in [0.25, 0.3) is 0 Å². The maximum Gasteiger partial charge on any atom is 0.0799 e. The van der Waals surface area contributed by atoms with E-state index in [1.165, 1.54) is 11.5 Å². The molecule has 3 heteroatoms. The summed E-state index contributed by atoms with van der Waals surface area (Å²) in [5.41, 5.74) is 7.77. The maximum absolute atomic E-state index is 5.89. The quantitative estimate of drug-likeness (QED) is 0.730. The molecule has 2 N–H and O–H groups in total. The molecule has 1 aromatic heterocycles. The third kappa shape index (κ3) is 1.67. The fourth-order valence-corrected chi connectivity index (χ4v) is 1.95. The van der Waals surface area contributed by atoms with E-state index in [2.05, 4.69) is 24.8 Å². The van der Waals surface area contributed by atoms with Crippen molar-refractivity contribution in [2.75, 3.05) is 5.73 Å². The molecule has 0 radical (unpaired) electrons. The van der Waals surface area contributed by atoms with Crippen LogP contribution in [0.1, 0.15) is 30.3 Å². The van der Waals surface area contributed by atoms with Gasteiger partial charge >= 0.3 is 0 Å². The molecule has 1 heterocycles. The standard InChI is InChI=1S/C9H14N2S/c1-4-5-7-8(10)9(6(2)3)11-12-7/h4,6H,1,5,10H2,2-3H3. The SMILES string of the molecule is C=CCc1snc(C(C)C)c1N. The highest BCUT2D eigenvalue weighted by molar-refractivity contribution is 7.06. The molecule has 0 aliphatic rings. The van der Waals surface area contributed by atoms with Crippen LogP contribution in [0, 0.1) is 0 Å². The van der Waals surface area contributed by atoms with Gasteiger partial charge < -0.3 is 5.73 Å². The molecule has 0 aliphatic heterocycles. The normalized spacial score (nSPS) is 10.6. The zero-order chi connectivity index (χ0) is 9.14. The lowest BCUT2D eigenvalue weighted by atomic mass is 10.1. The van der Waals surface area contributed by atoms with Gasteiger partial charge in [-0.25, -0.2) is 0 Å². The van der Waals surface area contributed by atoms with E-state index < -0.39 is 0 Å². The summed E-state index contributed by atoms with van der Waals surface area (Å²) in [7, 11) is 0. The molecule has 66 valence electrons. The minimum absolute atomic E-state index is 0.416. The van der Waals surface area contributed by atoms with E-state index in [1.54, 1.807) is 0 Å². The molecule has 0 saturated heterocycles. The van der Waals surface area contributed by atoms with Crippen LogP contribution in [0.5, 0.6) is 0 Å². The van der Waals surface area contributed by atoms with Gasteiger partial charge in [-0.2, -0.15) is 4.37 Å². The topological polar surface area (TPSA) is 38.9 Å². The van der Waals surface area contributed by atoms with Gasteiger partial charge in [0.15, 0.2) is 0 Å². The average molecular weight is 182 g/mol. The fourth-order valence-electron chi connectivity index (χ4n) is 1.04. The van der Waals surface area contributed by atoms with Crippen LogP contribution >= 0.6 is 11.5 Å². The predicted molar refractivity (Wildman–Crippen MR) is 54.5 cm³/mol. The smallest absolute Gasteiger partial charge is 0.0799 e. The van der Waals surface area contributed by atoms with Gasteiger partial charge in [-0.3, -0.25) is 0 Å². The van der Waals surface area contributed by atoms with Gasteiger partial charge in [-0.15, -0.1) is 6.58 Å². The lowest BCUT2D eigenvalue weighted by Crippen LogP contribution is -1.95. The van der Waals surface area contributed by atoms with E-state index in [1.807, 2.05) is 6.08 Å². The molecule has 2 nitrogen and oxygen atoms in total. The molecule has 0 saturated carbocycles. The number of allylic oxidation sites excluding steroid dienone is 1. The molecule has 0 bridgehead atoms. The maximum atomic E-state index is 5.89. The first-order valence-electron chi connectivity index (χ1n) is 4.01. The molecule has 0 amide bonds. The number of hydrogen-bond acceptors (Lipinski definition) is 3. The highest BCUT2D eigenvalue weighted by Crippen LogP contribution is 2.27. The summed E-state index contributed by atoms with van der Waals surface area (Å²) in [6, 6.07) is 0. The number of nitrogens with zero attached hydrogens (tertiary/aromatic N) is 1. The van der Waals surface area contributed by atoms with E-state index in [0.717, 1.165) is 22.7 Å². The van der Waals surface area contributed by atoms with Crippen LogP contribution in [-0.2, 0) is 6.42 Å². The molecule has 0 atom stereocenters. The zero-order valence-electron chi connectivity index (χ0n) is 7.50. The third-order valence-electron chi connectivity index (χ3n) is 1.71. The Balaban J connectivity index is 2.95. The Hall–Kier alpha value is -0.830. The second-order valence-electron chi connectivity index (χ2n) is 3.05. The van der Waals surface area contributed by atoms with Crippen molar-refractivity contribution in [3.8, 4) is 0 Å². The van der Waals surface area contributed by atoms with E-state index >= 15 is 0 Å². The molecule has 1 rings (SSSR count). The summed E-state index contributed by atoms with van der Waals surface area (Å²) in [6.07, 6.45) is 2.68. The fraction of sp³-hybridized carbons (Fsp3) is 0.444. The van der Waals surface area contributed by atoms with Crippen molar-refractivity contribution in [2.24, 2.45) is 0 Å². The number of aromatic nitrogens is 1. The van der Waals surface area contributed by atoms with Crippen molar-refractivity contribution in [1.82, 2.24) is 4.37 Å². The van der Waals surface area contributed by atoms with Gasteiger partial charge in [-0.1, -0.05) is 19.9 Å². The number of rotatable bonds is 3. The van der Waals surface area contributed by atoms with Crippen LogP contribution < -0.4 is 5.73 Å². The summed E-state index contributed by atoms with van der Waals surface area (Å²) < 4.78 is 4.30. The summed E-state index contributed by atoms with van der Waals surface area (Å²) in [5.74, 6) is 0.416. The summed E-state index contributed by atoms with van der Waals surface area (Å²) in [6.45, 7) is 7.88. The van der Waals surface area contributed by atoms with Crippen molar-refractivity contribution in [1.29, 1.82) is 0 Å². The van der Waals surface area contributed by atoms with Crippen molar-refractivity contribution in [3.05, 3.63) is 23.2 Å². The molecular formula is C9H14N2S. The van der Waals surface area contributed by atoms with Gasteiger partial charge in [0.1, 0.15) is 0 Å². The van der Waals surface area contributed by atoms with E-state index in [4.69, 9.17) is 5.73 Å². The van der Waals surface area contributed by atoms with Gasteiger partial charge in [0.05, 0.1) is 16.3 Å². The van der Waals surface area contributed by atoms with Crippen LogP contribution in [0.3, 0.4) is 0 Å².